The lowest BCUT2D eigenvalue weighted by Gasteiger charge is -2.35. The van der Waals surface area contributed by atoms with Crippen LogP contribution in [0, 0.1) is 11.8 Å². The van der Waals surface area contributed by atoms with Crippen LogP contribution in [0.5, 0.6) is 0 Å². The highest BCUT2D eigenvalue weighted by atomic mass is 32.2. The molecular formula is C21H25N3O4S. The Bertz CT molecular complexity index is 908. The summed E-state index contributed by atoms with van der Waals surface area (Å²) in [5, 5.41) is 1.24. The maximum atomic E-state index is 12.6. The number of hydrogen-bond donors (Lipinski definition) is 0. The first-order chi connectivity index (χ1) is 14.0. The number of likely N-dealkylation sites (tertiary alicyclic amines) is 1. The molecule has 4 rings (SSSR count). The number of imide groups is 1. The number of allylic oxidation sites excluding steroid dienone is 2. The highest BCUT2D eigenvalue weighted by Gasteiger charge is 2.47. The number of piperazine rings is 1. The number of nitrogens with zero attached hydrogens (tertiary/aromatic N) is 3. The Kier molecular flexibility index (Phi) is 5.67. The summed E-state index contributed by atoms with van der Waals surface area (Å²) in [7, 11) is -3.50. The number of carbonyl (C=O) groups excluding carboxylic acids is 2. The van der Waals surface area contributed by atoms with Crippen LogP contribution in [0.1, 0.15) is 18.4 Å². The van der Waals surface area contributed by atoms with Crippen LogP contribution < -0.4 is 0 Å². The Morgan fingerprint density at radius 1 is 0.897 bits per heavy atom. The average Bonchev–Trinajstić information content (AvgIpc) is 2.99. The molecule has 0 radical (unpaired) electrons. The van der Waals surface area contributed by atoms with Crippen LogP contribution in [-0.2, 0) is 19.6 Å². The van der Waals surface area contributed by atoms with Crippen molar-refractivity contribution in [3.8, 4) is 0 Å². The van der Waals surface area contributed by atoms with Crippen molar-refractivity contribution in [3.63, 3.8) is 0 Å². The molecule has 0 spiro atoms. The minimum Gasteiger partial charge on any atom is -0.283 e. The molecule has 2 amide bonds. The molecular weight excluding hydrogens is 390 g/mol. The fraction of sp³-hybridized carbons (Fsp3) is 0.429. The Morgan fingerprint density at radius 2 is 1.48 bits per heavy atom. The summed E-state index contributed by atoms with van der Waals surface area (Å²) < 4.78 is 26.6. The van der Waals surface area contributed by atoms with E-state index in [-0.39, 0.29) is 30.3 Å². The van der Waals surface area contributed by atoms with Gasteiger partial charge >= 0.3 is 0 Å². The van der Waals surface area contributed by atoms with Crippen LogP contribution >= 0.6 is 0 Å². The average molecular weight is 416 g/mol. The van der Waals surface area contributed by atoms with Crippen molar-refractivity contribution in [1.82, 2.24) is 14.1 Å². The van der Waals surface area contributed by atoms with Gasteiger partial charge in [-0.15, -0.1) is 0 Å². The lowest BCUT2D eigenvalue weighted by molar-refractivity contribution is -0.142. The molecule has 0 N–H and O–H groups in total. The van der Waals surface area contributed by atoms with Crippen molar-refractivity contribution in [2.24, 2.45) is 11.8 Å². The van der Waals surface area contributed by atoms with Gasteiger partial charge in [-0.1, -0.05) is 42.5 Å². The molecule has 3 aliphatic rings. The molecule has 0 saturated carbocycles. The number of benzene rings is 1. The van der Waals surface area contributed by atoms with Crippen molar-refractivity contribution in [1.29, 1.82) is 0 Å². The van der Waals surface area contributed by atoms with Crippen molar-refractivity contribution >= 4 is 27.9 Å². The zero-order valence-corrected chi connectivity index (χ0v) is 17.0. The van der Waals surface area contributed by atoms with E-state index in [0.717, 1.165) is 5.56 Å². The second-order valence-corrected chi connectivity index (χ2v) is 9.50. The van der Waals surface area contributed by atoms with Gasteiger partial charge in [0.25, 0.3) is 0 Å². The maximum Gasteiger partial charge on any atom is 0.236 e. The first kappa shape index (κ1) is 20.0. The third kappa shape index (κ3) is 4.19. The lowest BCUT2D eigenvalue weighted by atomic mass is 9.85. The first-order valence-corrected chi connectivity index (χ1v) is 11.4. The standard InChI is InChI=1S/C21H25N3O4S/c25-20-18-8-4-5-9-19(18)21(26)24(20)16-22-11-13-23(14-12-22)29(27,28)15-10-17-6-2-1-3-7-17/h1-7,10,15,18-19H,8-9,11-14,16H2. The summed E-state index contributed by atoms with van der Waals surface area (Å²) in [6.45, 7) is 1.91. The van der Waals surface area contributed by atoms with E-state index in [2.05, 4.69) is 0 Å². The summed E-state index contributed by atoms with van der Waals surface area (Å²) >= 11 is 0. The quantitative estimate of drug-likeness (QED) is 0.538. The lowest BCUT2D eigenvalue weighted by Crippen LogP contribution is -2.52. The number of rotatable bonds is 5. The first-order valence-electron chi connectivity index (χ1n) is 9.91. The molecule has 2 atom stereocenters. The van der Waals surface area contributed by atoms with Gasteiger partial charge in [0.1, 0.15) is 0 Å². The van der Waals surface area contributed by atoms with Gasteiger partial charge in [0.15, 0.2) is 0 Å². The molecule has 0 bridgehead atoms. The van der Waals surface area contributed by atoms with E-state index in [4.69, 9.17) is 0 Å². The highest BCUT2D eigenvalue weighted by Crippen LogP contribution is 2.35. The highest BCUT2D eigenvalue weighted by molar-refractivity contribution is 7.92. The predicted molar refractivity (Wildman–Crippen MR) is 110 cm³/mol. The van der Waals surface area contributed by atoms with Crippen molar-refractivity contribution in [2.45, 2.75) is 12.8 Å². The van der Waals surface area contributed by atoms with Crippen LogP contribution in [0.4, 0.5) is 0 Å². The summed E-state index contributed by atoms with van der Waals surface area (Å²) in [4.78, 5) is 28.5. The van der Waals surface area contributed by atoms with Gasteiger partial charge in [-0.05, 0) is 24.5 Å². The van der Waals surface area contributed by atoms with Crippen LogP contribution in [-0.4, -0.2) is 67.2 Å². The Morgan fingerprint density at radius 3 is 2.07 bits per heavy atom. The molecule has 2 aliphatic heterocycles. The van der Waals surface area contributed by atoms with Crippen molar-refractivity contribution in [2.75, 3.05) is 32.8 Å². The van der Waals surface area contributed by atoms with Crippen LogP contribution in [0.3, 0.4) is 0 Å². The molecule has 2 fully saturated rings. The zero-order chi connectivity index (χ0) is 20.4. The third-order valence-corrected chi connectivity index (χ3v) is 7.43. The monoisotopic (exact) mass is 415 g/mol. The minimum atomic E-state index is -3.50. The van der Waals surface area contributed by atoms with Crippen molar-refractivity contribution in [3.05, 3.63) is 53.5 Å². The summed E-state index contributed by atoms with van der Waals surface area (Å²) in [5.41, 5.74) is 0.830. The summed E-state index contributed by atoms with van der Waals surface area (Å²) in [6, 6.07) is 9.30. The van der Waals surface area contributed by atoms with Gasteiger partial charge in [0.05, 0.1) is 18.5 Å². The van der Waals surface area contributed by atoms with E-state index >= 15 is 0 Å². The van der Waals surface area contributed by atoms with E-state index in [9.17, 15) is 18.0 Å². The van der Waals surface area contributed by atoms with E-state index < -0.39 is 10.0 Å². The van der Waals surface area contributed by atoms with E-state index in [1.807, 2.05) is 47.4 Å². The van der Waals surface area contributed by atoms with Crippen LogP contribution in [0.15, 0.2) is 47.9 Å². The molecule has 1 aliphatic carbocycles. The Balaban J connectivity index is 1.33. The second kappa shape index (κ2) is 8.22. The number of fused-ring (bicyclic) bond motifs is 1. The third-order valence-electron chi connectivity index (χ3n) is 5.86. The summed E-state index contributed by atoms with van der Waals surface area (Å²) in [5.74, 6) is -0.634. The largest absolute Gasteiger partial charge is 0.283 e. The summed E-state index contributed by atoms with van der Waals surface area (Å²) in [6.07, 6.45) is 6.81. The van der Waals surface area contributed by atoms with Gasteiger partial charge in [-0.2, -0.15) is 4.31 Å². The fourth-order valence-corrected chi connectivity index (χ4v) is 5.32. The molecule has 1 aromatic carbocycles. The molecule has 2 saturated heterocycles. The molecule has 2 heterocycles. The molecule has 8 heteroatoms. The number of sulfonamides is 1. The van der Waals surface area contributed by atoms with Gasteiger partial charge < -0.3 is 0 Å². The fourth-order valence-electron chi connectivity index (χ4n) is 4.15. The molecule has 29 heavy (non-hydrogen) atoms. The van der Waals surface area contributed by atoms with E-state index in [1.165, 1.54) is 14.6 Å². The Hall–Kier alpha value is -2.29. The van der Waals surface area contributed by atoms with Gasteiger partial charge in [-0.25, -0.2) is 8.42 Å². The molecule has 7 nitrogen and oxygen atoms in total. The molecule has 0 aromatic heterocycles. The van der Waals surface area contributed by atoms with E-state index in [0.29, 0.717) is 39.0 Å². The molecule has 1 aromatic rings. The normalized spacial score (nSPS) is 26.4. The maximum absolute atomic E-state index is 12.6. The number of amides is 2. The van der Waals surface area contributed by atoms with Gasteiger partial charge in [0.2, 0.25) is 21.8 Å². The topological polar surface area (TPSA) is 78.0 Å². The van der Waals surface area contributed by atoms with Crippen molar-refractivity contribution < 1.29 is 18.0 Å². The van der Waals surface area contributed by atoms with Gasteiger partial charge in [0, 0.05) is 31.6 Å². The van der Waals surface area contributed by atoms with Crippen LogP contribution in [0.25, 0.3) is 6.08 Å². The zero-order valence-electron chi connectivity index (χ0n) is 16.2. The smallest absolute Gasteiger partial charge is 0.236 e. The predicted octanol–water partition coefficient (Wildman–Crippen LogP) is 1.51. The minimum absolute atomic E-state index is 0.0924. The van der Waals surface area contributed by atoms with E-state index in [1.54, 1.807) is 6.08 Å². The number of hydrogen-bond acceptors (Lipinski definition) is 5. The van der Waals surface area contributed by atoms with Gasteiger partial charge in [-0.3, -0.25) is 19.4 Å². The van der Waals surface area contributed by atoms with Crippen LogP contribution in [0.2, 0.25) is 0 Å². The Labute approximate surface area is 171 Å². The SMILES string of the molecule is O=C1C2CC=CCC2C(=O)N1CN1CCN(S(=O)(=O)C=Cc2ccccc2)CC1. The molecule has 2 unspecified atom stereocenters. The number of carbonyl (C=O) groups is 2. The molecule has 154 valence electrons. The second-order valence-electron chi connectivity index (χ2n) is 7.68.